The number of thiocarbonyl (C=S) groups is 1. The number of hydrogen-bond acceptors (Lipinski definition) is 6. The number of carbonyl (C=O) groups is 1. The zero-order valence-corrected chi connectivity index (χ0v) is 17.7. The Morgan fingerprint density at radius 2 is 1.93 bits per heavy atom. The molecule has 0 bridgehead atoms. The van der Waals surface area contributed by atoms with Crippen LogP contribution in [0.5, 0.6) is 5.75 Å². The second kappa shape index (κ2) is 9.53. The van der Waals surface area contributed by atoms with Gasteiger partial charge in [0.25, 0.3) is 5.91 Å². The fourth-order valence-electron chi connectivity index (χ4n) is 3.41. The van der Waals surface area contributed by atoms with E-state index in [0.29, 0.717) is 0 Å². The van der Waals surface area contributed by atoms with Crippen LogP contribution in [-0.2, 0) is 0 Å². The Morgan fingerprint density at radius 3 is 2.60 bits per heavy atom. The van der Waals surface area contributed by atoms with Crippen LogP contribution in [0.4, 0.5) is 17.1 Å². The van der Waals surface area contributed by atoms with Crippen molar-refractivity contribution in [2.75, 3.05) is 30.4 Å². The molecule has 0 spiro atoms. The van der Waals surface area contributed by atoms with Gasteiger partial charge in [-0.1, -0.05) is 19.1 Å². The van der Waals surface area contributed by atoms with E-state index in [-0.39, 0.29) is 22.1 Å². The number of ether oxygens (including phenoxy) is 1. The van der Waals surface area contributed by atoms with Crippen molar-refractivity contribution in [2.24, 2.45) is 5.92 Å². The maximum atomic E-state index is 12.5. The molecule has 0 radical (unpaired) electrons. The molecule has 2 N–H and O–H groups in total. The number of piperidine rings is 1. The number of hydrogen-bond donors (Lipinski definition) is 2. The highest BCUT2D eigenvalue weighted by Gasteiger charge is 2.20. The molecule has 2 aromatic carbocycles. The highest BCUT2D eigenvalue weighted by molar-refractivity contribution is 7.80. The van der Waals surface area contributed by atoms with Crippen LogP contribution in [0, 0.1) is 16.0 Å². The van der Waals surface area contributed by atoms with E-state index in [2.05, 4.69) is 22.5 Å². The number of anilines is 2. The quantitative estimate of drug-likeness (QED) is 0.423. The van der Waals surface area contributed by atoms with Gasteiger partial charge in [0, 0.05) is 24.7 Å². The molecule has 1 heterocycles. The van der Waals surface area contributed by atoms with E-state index < -0.39 is 10.8 Å². The zero-order valence-electron chi connectivity index (χ0n) is 16.9. The monoisotopic (exact) mass is 428 g/mol. The van der Waals surface area contributed by atoms with E-state index in [4.69, 9.17) is 17.0 Å². The lowest BCUT2D eigenvalue weighted by Crippen LogP contribution is -2.36. The Morgan fingerprint density at radius 1 is 1.23 bits per heavy atom. The molecular formula is C21H24N4O4S. The number of para-hydroxylation sites is 2. The number of methoxy groups -OCH3 is 1. The Hall–Kier alpha value is -3.20. The average Bonchev–Trinajstić information content (AvgIpc) is 2.74. The molecule has 1 saturated heterocycles. The summed E-state index contributed by atoms with van der Waals surface area (Å²) >= 11 is 5.30. The summed E-state index contributed by atoms with van der Waals surface area (Å²) in [7, 11) is 1.33. The van der Waals surface area contributed by atoms with Crippen LogP contribution < -0.4 is 20.3 Å². The summed E-state index contributed by atoms with van der Waals surface area (Å²) in [5.41, 5.74) is 1.66. The molecule has 9 heteroatoms. The molecule has 1 aliphatic heterocycles. The van der Waals surface area contributed by atoms with Gasteiger partial charge in [-0.2, -0.15) is 0 Å². The van der Waals surface area contributed by atoms with Gasteiger partial charge in [-0.3, -0.25) is 20.2 Å². The van der Waals surface area contributed by atoms with E-state index in [9.17, 15) is 14.9 Å². The third-order valence-corrected chi connectivity index (χ3v) is 5.35. The van der Waals surface area contributed by atoms with Crippen molar-refractivity contribution in [2.45, 2.75) is 19.8 Å². The molecule has 0 atom stereocenters. The molecule has 30 heavy (non-hydrogen) atoms. The van der Waals surface area contributed by atoms with Gasteiger partial charge in [0.15, 0.2) is 10.9 Å². The first-order chi connectivity index (χ1) is 14.4. The molecule has 1 amide bonds. The highest BCUT2D eigenvalue weighted by Crippen LogP contribution is 2.30. The van der Waals surface area contributed by atoms with Gasteiger partial charge < -0.3 is 15.0 Å². The van der Waals surface area contributed by atoms with Crippen molar-refractivity contribution in [3.05, 3.63) is 58.1 Å². The number of nitro groups is 1. The van der Waals surface area contributed by atoms with Crippen molar-refractivity contribution in [1.29, 1.82) is 0 Å². The lowest BCUT2D eigenvalue weighted by Gasteiger charge is -2.33. The largest absolute Gasteiger partial charge is 0.490 e. The van der Waals surface area contributed by atoms with Gasteiger partial charge in [0.2, 0.25) is 0 Å². The number of nitrogens with zero attached hydrogens (tertiary/aromatic N) is 2. The summed E-state index contributed by atoms with van der Waals surface area (Å²) in [4.78, 5) is 25.4. The van der Waals surface area contributed by atoms with Crippen LogP contribution in [0.15, 0.2) is 42.5 Å². The molecule has 0 unspecified atom stereocenters. The van der Waals surface area contributed by atoms with Gasteiger partial charge in [-0.05, 0) is 55.2 Å². The Balaban J connectivity index is 1.70. The molecule has 3 rings (SSSR count). The number of amides is 1. The maximum Gasteiger partial charge on any atom is 0.311 e. The van der Waals surface area contributed by atoms with Crippen molar-refractivity contribution in [1.82, 2.24) is 5.32 Å². The summed E-state index contributed by atoms with van der Waals surface area (Å²) < 4.78 is 4.96. The van der Waals surface area contributed by atoms with Crippen LogP contribution in [0.1, 0.15) is 30.1 Å². The van der Waals surface area contributed by atoms with Crippen molar-refractivity contribution < 1.29 is 14.5 Å². The van der Waals surface area contributed by atoms with Gasteiger partial charge >= 0.3 is 5.69 Å². The van der Waals surface area contributed by atoms with Crippen LogP contribution in [-0.4, -0.2) is 36.1 Å². The number of nitro benzene ring substituents is 1. The number of rotatable bonds is 5. The Kier molecular flexibility index (Phi) is 6.83. The zero-order chi connectivity index (χ0) is 21.7. The minimum Gasteiger partial charge on any atom is -0.490 e. The second-order valence-electron chi connectivity index (χ2n) is 7.24. The van der Waals surface area contributed by atoms with Crippen LogP contribution in [0.25, 0.3) is 0 Å². The lowest BCUT2D eigenvalue weighted by molar-refractivity contribution is -0.385. The smallest absolute Gasteiger partial charge is 0.311 e. The molecule has 0 aliphatic carbocycles. The lowest BCUT2D eigenvalue weighted by atomic mass is 9.98. The third kappa shape index (κ3) is 5.04. The third-order valence-electron chi connectivity index (χ3n) is 5.14. The van der Waals surface area contributed by atoms with Gasteiger partial charge in [-0.25, -0.2) is 0 Å². The molecule has 2 aromatic rings. The minimum atomic E-state index is -0.595. The molecule has 0 saturated carbocycles. The van der Waals surface area contributed by atoms with E-state index in [1.54, 1.807) is 0 Å². The van der Waals surface area contributed by atoms with Crippen molar-refractivity contribution in [3.63, 3.8) is 0 Å². The summed E-state index contributed by atoms with van der Waals surface area (Å²) in [5, 5.41) is 17.0. The van der Waals surface area contributed by atoms with E-state index in [1.807, 2.05) is 24.3 Å². The van der Waals surface area contributed by atoms with E-state index in [1.165, 1.54) is 25.3 Å². The normalized spacial score (nSPS) is 14.1. The molecule has 1 fully saturated rings. The Labute approximate surface area is 180 Å². The molecule has 1 aliphatic rings. The summed E-state index contributed by atoms with van der Waals surface area (Å²) in [6.07, 6.45) is 2.26. The van der Waals surface area contributed by atoms with E-state index in [0.717, 1.165) is 43.2 Å². The Bertz CT molecular complexity index is 958. The number of benzene rings is 2. The average molecular weight is 429 g/mol. The summed E-state index contributed by atoms with van der Waals surface area (Å²) in [6, 6.07) is 11.8. The van der Waals surface area contributed by atoms with Crippen molar-refractivity contribution >= 4 is 40.3 Å². The first kappa shape index (κ1) is 21.5. The van der Waals surface area contributed by atoms with Crippen LogP contribution in [0.2, 0.25) is 0 Å². The first-order valence-electron chi connectivity index (χ1n) is 9.67. The predicted octanol–water partition coefficient (Wildman–Crippen LogP) is 3.97. The molecule has 8 nitrogen and oxygen atoms in total. The van der Waals surface area contributed by atoms with Gasteiger partial charge in [0.1, 0.15) is 0 Å². The number of nitrogens with one attached hydrogen (secondary N) is 2. The minimum absolute atomic E-state index is 0.0852. The van der Waals surface area contributed by atoms with E-state index >= 15 is 0 Å². The molecular weight excluding hydrogens is 404 g/mol. The maximum absolute atomic E-state index is 12.5. The SMILES string of the molecule is COc1ccc(C(=O)NC(=S)Nc2ccccc2N2CCC(C)CC2)cc1[N+](=O)[O-]. The van der Waals surface area contributed by atoms with Crippen LogP contribution in [0.3, 0.4) is 0 Å². The van der Waals surface area contributed by atoms with Gasteiger partial charge in [-0.15, -0.1) is 0 Å². The standard InChI is InChI=1S/C21H24N4O4S/c1-14-9-11-24(12-10-14)17-6-4-3-5-16(17)22-21(30)23-20(26)15-7-8-19(29-2)18(13-15)25(27)28/h3-8,13-14H,9-12H2,1-2H3,(H2,22,23,26,30). The fourth-order valence-corrected chi connectivity index (χ4v) is 3.61. The summed E-state index contributed by atoms with van der Waals surface area (Å²) in [5.74, 6) is 0.264. The predicted molar refractivity (Wildman–Crippen MR) is 120 cm³/mol. The first-order valence-corrected chi connectivity index (χ1v) is 10.1. The summed E-state index contributed by atoms with van der Waals surface area (Å²) in [6.45, 7) is 4.19. The molecule has 158 valence electrons. The number of carbonyl (C=O) groups excluding carboxylic acids is 1. The molecule has 0 aromatic heterocycles. The highest BCUT2D eigenvalue weighted by atomic mass is 32.1. The fraction of sp³-hybridized carbons (Fsp3) is 0.333. The second-order valence-corrected chi connectivity index (χ2v) is 7.65. The van der Waals surface area contributed by atoms with Crippen LogP contribution >= 0.6 is 12.2 Å². The topological polar surface area (TPSA) is 96.7 Å². The van der Waals surface area contributed by atoms with Crippen molar-refractivity contribution in [3.8, 4) is 5.75 Å². The van der Waals surface area contributed by atoms with Gasteiger partial charge in [0.05, 0.1) is 23.4 Å².